The van der Waals surface area contributed by atoms with Crippen LogP contribution in [0.15, 0.2) is 24.5 Å². The summed E-state index contributed by atoms with van der Waals surface area (Å²) < 4.78 is 0. The quantitative estimate of drug-likeness (QED) is 0.294. The van der Waals surface area contributed by atoms with E-state index in [-0.39, 0.29) is 18.8 Å². The van der Waals surface area contributed by atoms with E-state index in [1.807, 2.05) is 0 Å². The molecule has 0 aromatic carbocycles. The number of aromatic nitrogens is 1. The van der Waals surface area contributed by atoms with E-state index in [4.69, 9.17) is 10.8 Å². The van der Waals surface area contributed by atoms with E-state index in [0.717, 1.165) is 0 Å². The summed E-state index contributed by atoms with van der Waals surface area (Å²) in [5.41, 5.74) is 5.99. The summed E-state index contributed by atoms with van der Waals surface area (Å²) in [6, 6.07) is -0.175. The van der Waals surface area contributed by atoms with Gasteiger partial charge in [0.2, 0.25) is 17.6 Å². The summed E-state index contributed by atoms with van der Waals surface area (Å²) in [7, 11) is 0. The Labute approximate surface area is 173 Å². The van der Waals surface area contributed by atoms with E-state index >= 15 is 0 Å². The molecule has 2 unspecified atom stereocenters. The number of ketones is 1. The number of amides is 4. The van der Waals surface area contributed by atoms with Crippen LogP contribution in [-0.4, -0.2) is 57.8 Å². The van der Waals surface area contributed by atoms with Gasteiger partial charge in [-0.3, -0.25) is 24.2 Å². The molecule has 1 heterocycles. The molecule has 1 aromatic rings. The molecule has 0 fully saturated rings. The molecule has 164 valence electrons. The normalized spacial score (nSPS) is 13.6. The van der Waals surface area contributed by atoms with Crippen molar-refractivity contribution in [2.45, 2.75) is 51.7 Å². The third-order valence-electron chi connectivity index (χ3n) is 4.14. The Kier molecular flexibility index (Phi) is 9.40. The highest BCUT2D eigenvalue weighted by molar-refractivity contribution is 6.38. The van der Waals surface area contributed by atoms with E-state index < -0.39 is 47.7 Å². The molecule has 3 atom stereocenters. The number of carbonyl (C=O) groups is 5. The third kappa shape index (κ3) is 8.25. The number of rotatable bonds is 11. The molecule has 0 radical (unpaired) electrons. The lowest BCUT2D eigenvalue weighted by Crippen LogP contribution is -2.55. The average molecular weight is 421 g/mol. The Hall–Kier alpha value is -3.50. The van der Waals surface area contributed by atoms with Crippen LogP contribution in [-0.2, 0) is 25.6 Å². The molecule has 1 rings (SSSR count). The molecule has 1 aromatic heterocycles. The molecule has 6 N–H and O–H groups in total. The first kappa shape index (κ1) is 24.5. The summed E-state index contributed by atoms with van der Waals surface area (Å²) >= 11 is 0. The molecule has 0 aliphatic rings. The lowest BCUT2D eigenvalue weighted by Gasteiger charge is -2.21. The number of nitrogens with zero attached hydrogens (tertiary/aromatic N) is 1. The summed E-state index contributed by atoms with van der Waals surface area (Å²) in [6.45, 7) is 4.90. The molecular formula is C19H27N5O6. The second-order valence-electron chi connectivity index (χ2n) is 7.21. The number of primary amides is 1. The minimum absolute atomic E-state index is 0.00594. The van der Waals surface area contributed by atoms with Crippen LogP contribution in [0.4, 0.5) is 4.79 Å². The summed E-state index contributed by atoms with van der Waals surface area (Å²) in [5, 5.41) is 15.6. The number of hydrogen-bond acceptors (Lipinski definition) is 6. The molecule has 0 aliphatic heterocycles. The van der Waals surface area contributed by atoms with E-state index in [1.165, 1.54) is 19.3 Å². The van der Waals surface area contributed by atoms with Gasteiger partial charge in [-0.25, -0.2) is 4.79 Å². The Balaban J connectivity index is 2.74. The predicted molar refractivity (Wildman–Crippen MR) is 106 cm³/mol. The Morgan fingerprint density at radius 1 is 1.00 bits per heavy atom. The second-order valence-corrected chi connectivity index (χ2v) is 7.21. The van der Waals surface area contributed by atoms with Crippen molar-refractivity contribution in [1.82, 2.24) is 20.9 Å². The maximum Gasteiger partial charge on any atom is 0.405 e. The van der Waals surface area contributed by atoms with E-state index in [2.05, 4.69) is 20.9 Å². The van der Waals surface area contributed by atoms with Crippen molar-refractivity contribution in [3.63, 3.8) is 0 Å². The molecule has 4 amide bonds. The maximum atomic E-state index is 12.3. The molecular weight excluding hydrogens is 394 g/mol. The first-order valence-electron chi connectivity index (χ1n) is 9.34. The van der Waals surface area contributed by atoms with Crippen molar-refractivity contribution < 1.29 is 29.1 Å². The minimum atomic E-state index is -1.38. The van der Waals surface area contributed by atoms with Gasteiger partial charge >= 0.3 is 6.09 Å². The monoisotopic (exact) mass is 421 g/mol. The molecule has 11 heteroatoms. The van der Waals surface area contributed by atoms with Gasteiger partial charge in [0.1, 0.15) is 12.1 Å². The van der Waals surface area contributed by atoms with Crippen molar-refractivity contribution in [2.75, 3.05) is 0 Å². The number of pyridine rings is 1. The zero-order valence-corrected chi connectivity index (χ0v) is 17.0. The highest BCUT2D eigenvalue weighted by Crippen LogP contribution is 2.06. The van der Waals surface area contributed by atoms with Gasteiger partial charge < -0.3 is 26.8 Å². The fourth-order valence-corrected chi connectivity index (χ4v) is 2.63. The number of Topliss-reactive ketones (excluding diaryl/α,β-unsaturated/α-hetero) is 1. The Morgan fingerprint density at radius 2 is 1.60 bits per heavy atom. The largest absolute Gasteiger partial charge is 0.465 e. The van der Waals surface area contributed by atoms with Crippen molar-refractivity contribution in [3.05, 3.63) is 30.1 Å². The molecule has 0 saturated heterocycles. The van der Waals surface area contributed by atoms with Gasteiger partial charge in [-0.2, -0.15) is 0 Å². The molecule has 0 aliphatic carbocycles. The Bertz CT molecular complexity index is 783. The van der Waals surface area contributed by atoms with Gasteiger partial charge in [0.05, 0.1) is 6.04 Å². The van der Waals surface area contributed by atoms with Crippen LogP contribution >= 0.6 is 0 Å². The van der Waals surface area contributed by atoms with E-state index in [9.17, 15) is 24.0 Å². The average Bonchev–Trinajstić information content (AvgIpc) is 2.66. The zero-order valence-electron chi connectivity index (χ0n) is 17.0. The Morgan fingerprint density at radius 3 is 2.10 bits per heavy atom. The molecule has 0 spiro atoms. The van der Waals surface area contributed by atoms with Crippen LogP contribution in [0.1, 0.15) is 32.8 Å². The molecule has 30 heavy (non-hydrogen) atoms. The van der Waals surface area contributed by atoms with Gasteiger partial charge in [0.25, 0.3) is 5.91 Å². The third-order valence-corrected chi connectivity index (χ3v) is 4.14. The van der Waals surface area contributed by atoms with Crippen molar-refractivity contribution >= 4 is 29.6 Å². The number of carbonyl (C=O) groups excluding carboxylic acids is 4. The molecule has 0 bridgehead atoms. The van der Waals surface area contributed by atoms with Crippen LogP contribution in [0.2, 0.25) is 0 Å². The first-order chi connectivity index (χ1) is 14.0. The second kappa shape index (κ2) is 11.5. The molecule has 11 nitrogen and oxygen atoms in total. The minimum Gasteiger partial charge on any atom is -0.465 e. The number of nitrogens with two attached hydrogens (primary N) is 1. The standard InChI is InChI=1S/C19H27N5O6/c1-10(2)8-14(24-19(29)30)17(27)22-11(3)15(25)18(28)23-13(16(20)26)9-12-4-6-21-7-5-12/h4-7,10-11,13-14,24H,8-9H2,1-3H3,(H2,20,26)(H,22,27)(H,23,28)(H,29,30)/t11?,13?,14-/m0/s1. The fourth-order valence-electron chi connectivity index (χ4n) is 2.63. The molecule has 0 saturated carbocycles. The van der Waals surface area contributed by atoms with Crippen LogP contribution in [0.5, 0.6) is 0 Å². The lowest BCUT2D eigenvalue weighted by atomic mass is 10.0. The number of carboxylic acid groups (broad SMARTS) is 1. The smallest absolute Gasteiger partial charge is 0.405 e. The SMILES string of the molecule is CC(C)C[C@H](NC(=O)O)C(=O)NC(C)C(=O)C(=O)NC(Cc1ccncc1)C(N)=O. The van der Waals surface area contributed by atoms with E-state index in [1.54, 1.807) is 26.0 Å². The van der Waals surface area contributed by atoms with Crippen molar-refractivity contribution in [1.29, 1.82) is 0 Å². The van der Waals surface area contributed by atoms with Crippen molar-refractivity contribution in [2.24, 2.45) is 11.7 Å². The first-order valence-corrected chi connectivity index (χ1v) is 9.34. The topological polar surface area (TPSA) is 181 Å². The predicted octanol–water partition coefficient (Wildman–Crippen LogP) is -0.650. The zero-order chi connectivity index (χ0) is 22.8. The van der Waals surface area contributed by atoms with Crippen LogP contribution in [0.25, 0.3) is 0 Å². The summed E-state index contributed by atoms with van der Waals surface area (Å²) in [5.74, 6) is -3.64. The van der Waals surface area contributed by atoms with Crippen LogP contribution in [0, 0.1) is 5.92 Å². The highest BCUT2D eigenvalue weighted by Gasteiger charge is 2.29. The summed E-state index contributed by atoms with van der Waals surface area (Å²) in [4.78, 5) is 63.3. The maximum absolute atomic E-state index is 12.3. The van der Waals surface area contributed by atoms with Gasteiger partial charge in [0, 0.05) is 18.8 Å². The van der Waals surface area contributed by atoms with Gasteiger partial charge in [-0.1, -0.05) is 13.8 Å². The van der Waals surface area contributed by atoms with Crippen LogP contribution < -0.4 is 21.7 Å². The van der Waals surface area contributed by atoms with Gasteiger partial charge in [-0.05, 0) is 37.0 Å². The summed E-state index contributed by atoms with van der Waals surface area (Å²) in [6.07, 6.45) is 1.92. The van der Waals surface area contributed by atoms with Crippen LogP contribution in [0.3, 0.4) is 0 Å². The van der Waals surface area contributed by atoms with E-state index in [0.29, 0.717) is 5.56 Å². The van der Waals surface area contributed by atoms with Gasteiger partial charge in [0.15, 0.2) is 0 Å². The number of hydrogen-bond donors (Lipinski definition) is 5. The number of nitrogens with one attached hydrogen (secondary N) is 3. The highest BCUT2D eigenvalue weighted by atomic mass is 16.4. The lowest BCUT2D eigenvalue weighted by molar-refractivity contribution is -0.141. The fraction of sp³-hybridized carbons (Fsp3) is 0.474. The van der Waals surface area contributed by atoms with Gasteiger partial charge in [-0.15, -0.1) is 0 Å². The van der Waals surface area contributed by atoms with Crippen molar-refractivity contribution in [3.8, 4) is 0 Å².